The third-order valence-corrected chi connectivity index (χ3v) is 6.19. The minimum atomic E-state index is -1.18. The maximum Gasteiger partial charge on any atom is 0.243 e. The van der Waals surface area contributed by atoms with E-state index in [0.717, 1.165) is 12.8 Å². The summed E-state index contributed by atoms with van der Waals surface area (Å²) in [6.45, 7) is 5.21. The molecule has 1 heterocycles. The summed E-state index contributed by atoms with van der Waals surface area (Å²) in [6, 6.07) is 3.87. The van der Waals surface area contributed by atoms with E-state index in [1.54, 1.807) is 24.4 Å². The Balaban J connectivity index is 2.00. The molecule has 0 bridgehead atoms. The smallest absolute Gasteiger partial charge is 0.243 e. The highest BCUT2D eigenvalue weighted by molar-refractivity contribution is 5.98. The first-order chi connectivity index (χ1) is 15.2. The number of anilines is 1. The van der Waals surface area contributed by atoms with Crippen molar-refractivity contribution < 1.29 is 19.8 Å². The van der Waals surface area contributed by atoms with Crippen molar-refractivity contribution in [3.63, 3.8) is 0 Å². The molecule has 2 amide bonds. The highest BCUT2D eigenvalue weighted by Gasteiger charge is 2.32. The van der Waals surface area contributed by atoms with Gasteiger partial charge < -0.3 is 21.3 Å². The maximum absolute atomic E-state index is 13.1. The van der Waals surface area contributed by atoms with Crippen LogP contribution in [-0.4, -0.2) is 57.8 Å². The molecule has 0 radical (unpaired) electrons. The lowest BCUT2D eigenvalue weighted by Crippen LogP contribution is -2.54. The van der Waals surface area contributed by atoms with E-state index in [1.165, 1.54) is 31.1 Å². The number of nitrogens with two attached hydrogens (primary N) is 1. The van der Waals surface area contributed by atoms with E-state index in [4.69, 9.17) is 5.73 Å². The minimum Gasteiger partial charge on any atom is -0.389 e. The number of carbonyl (C=O) groups is 2. The molecule has 0 spiro atoms. The van der Waals surface area contributed by atoms with Crippen LogP contribution in [0.25, 0.3) is 0 Å². The SMILES string of the molecule is CC(=O)N(c1ccccn1)C(CC(C)C)C(=O)NC[C@H](O)[C@H](O)[C@@H](N)CC1CCCCC1. The number of hydrogen-bond donors (Lipinski definition) is 4. The number of amides is 2. The first-order valence-corrected chi connectivity index (χ1v) is 11.8. The van der Waals surface area contributed by atoms with Gasteiger partial charge in [-0.05, 0) is 36.8 Å². The lowest BCUT2D eigenvalue weighted by molar-refractivity contribution is -0.126. The Hall–Kier alpha value is -2.03. The van der Waals surface area contributed by atoms with Crippen LogP contribution in [-0.2, 0) is 9.59 Å². The van der Waals surface area contributed by atoms with Gasteiger partial charge in [-0.1, -0.05) is 52.0 Å². The van der Waals surface area contributed by atoms with Crippen molar-refractivity contribution in [2.75, 3.05) is 11.4 Å². The zero-order chi connectivity index (χ0) is 23.7. The number of aliphatic hydroxyl groups excluding tert-OH is 2. The van der Waals surface area contributed by atoms with E-state index in [1.807, 2.05) is 13.8 Å². The van der Waals surface area contributed by atoms with Gasteiger partial charge in [0.25, 0.3) is 0 Å². The van der Waals surface area contributed by atoms with Crippen molar-refractivity contribution in [2.24, 2.45) is 17.6 Å². The van der Waals surface area contributed by atoms with Crippen LogP contribution in [0.5, 0.6) is 0 Å². The van der Waals surface area contributed by atoms with Gasteiger partial charge in [0, 0.05) is 25.7 Å². The maximum atomic E-state index is 13.1. The molecule has 4 atom stereocenters. The van der Waals surface area contributed by atoms with E-state index in [0.29, 0.717) is 24.6 Å². The van der Waals surface area contributed by atoms with E-state index < -0.39 is 30.2 Å². The predicted molar refractivity (Wildman–Crippen MR) is 125 cm³/mol. The van der Waals surface area contributed by atoms with Gasteiger partial charge in [0.1, 0.15) is 11.9 Å². The molecule has 8 heteroatoms. The number of pyridine rings is 1. The summed E-state index contributed by atoms with van der Waals surface area (Å²) in [6.07, 6.45) is 6.20. The van der Waals surface area contributed by atoms with Crippen molar-refractivity contribution in [3.8, 4) is 0 Å². The monoisotopic (exact) mass is 448 g/mol. The molecule has 32 heavy (non-hydrogen) atoms. The molecule has 8 nitrogen and oxygen atoms in total. The summed E-state index contributed by atoms with van der Waals surface area (Å²) in [5, 5.41) is 23.7. The number of rotatable bonds is 11. The number of nitrogens with one attached hydrogen (secondary N) is 1. The third-order valence-electron chi connectivity index (χ3n) is 6.19. The van der Waals surface area contributed by atoms with Crippen molar-refractivity contribution in [1.82, 2.24) is 10.3 Å². The summed E-state index contributed by atoms with van der Waals surface area (Å²) in [4.78, 5) is 31.1. The summed E-state index contributed by atoms with van der Waals surface area (Å²) in [5.41, 5.74) is 6.16. The van der Waals surface area contributed by atoms with E-state index >= 15 is 0 Å². The van der Waals surface area contributed by atoms with Crippen LogP contribution >= 0.6 is 0 Å². The fourth-order valence-corrected chi connectivity index (χ4v) is 4.49. The van der Waals surface area contributed by atoms with E-state index in [2.05, 4.69) is 10.3 Å². The highest BCUT2D eigenvalue weighted by Crippen LogP contribution is 2.27. The fourth-order valence-electron chi connectivity index (χ4n) is 4.49. The van der Waals surface area contributed by atoms with Crippen LogP contribution in [0.4, 0.5) is 5.82 Å². The summed E-state index contributed by atoms with van der Waals surface area (Å²) >= 11 is 0. The minimum absolute atomic E-state index is 0.138. The number of nitrogens with zero attached hydrogens (tertiary/aromatic N) is 2. The Morgan fingerprint density at radius 3 is 2.47 bits per heavy atom. The first-order valence-electron chi connectivity index (χ1n) is 11.8. The molecule has 0 saturated heterocycles. The molecule has 1 fully saturated rings. The molecule has 1 unspecified atom stereocenters. The molecule has 180 valence electrons. The molecule has 1 aromatic heterocycles. The predicted octanol–water partition coefficient (Wildman–Crippen LogP) is 1.98. The standard InChI is InChI=1S/C24H40N4O4/c1-16(2)13-20(28(17(3)29)22-11-7-8-12-26-22)24(32)27-15-21(30)23(31)19(25)14-18-9-5-4-6-10-18/h7-8,11-12,16,18-21,23,30-31H,4-6,9-10,13-15,25H2,1-3H3,(H,27,32)/t19-,20?,21-,23+/m0/s1. The Morgan fingerprint density at radius 1 is 1.22 bits per heavy atom. The Kier molecular flexibility index (Phi) is 10.5. The van der Waals surface area contributed by atoms with Gasteiger partial charge in [0.2, 0.25) is 11.8 Å². The number of carbonyl (C=O) groups excluding carboxylic acids is 2. The highest BCUT2D eigenvalue weighted by atomic mass is 16.3. The van der Waals surface area contributed by atoms with Crippen molar-refractivity contribution in [2.45, 2.75) is 90.0 Å². The van der Waals surface area contributed by atoms with Crippen LogP contribution < -0.4 is 16.0 Å². The molecule has 5 N–H and O–H groups in total. The van der Waals surface area contributed by atoms with Crippen LogP contribution in [0.3, 0.4) is 0 Å². The summed E-state index contributed by atoms with van der Waals surface area (Å²) in [5.74, 6) is 0.339. The molecule has 0 aliphatic heterocycles. The number of aromatic nitrogens is 1. The molecule has 1 aromatic rings. The molecular formula is C24H40N4O4. The Labute approximate surface area is 191 Å². The van der Waals surface area contributed by atoms with Crippen LogP contribution in [0.2, 0.25) is 0 Å². The zero-order valence-electron chi connectivity index (χ0n) is 19.6. The second-order valence-corrected chi connectivity index (χ2v) is 9.43. The van der Waals surface area contributed by atoms with Crippen LogP contribution in [0.1, 0.15) is 65.7 Å². The van der Waals surface area contributed by atoms with Gasteiger partial charge in [-0.25, -0.2) is 4.98 Å². The van der Waals surface area contributed by atoms with E-state index in [-0.39, 0.29) is 18.4 Å². The summed E-state index contributed by atoms with van der Waals surface area (Å²) in [7, 11) is 0. The lowest BCUT2D eigenvalue weighted by Gasteiger charge is -2.32. The molecule has 0 aromatic carbocycles. The van der Waals surface area contributed by atoms with E-state index in [9.17, 15) is 19.8 Å². The molecule has 1 aliphatic carbocycles. The van der Waals surface area contributed by atoms with Crippen molar-refractivity contribution >= 4 is 17.6 Å². The second-order valence-electron chi connectivity index (χ2n) is 9.43. The van der Waals surface area contributed by atoms with Crippen molar-refractivity contribution in [3.05, 3.63) is 24.4 Å². The normalized spacial score (nSPS) is 18.6. The van der Waals surface area contributed by atoms with Gasteiger partial charge >= 0.3 is 0 Å². The lowest BCUT2D eigenvalue weighted by atomic mass is 9.83. The largest absolute Gasteiger partial charge is 0.389 e. The van der Waals surface area contributed by atoms with Gasteiger partial charge in [0.15, 0.2) is 0 Å². The van der Waals surface area contributed by atoms with Gasteiger partial charge in [-0.15, -0.1) is 0 Å². The average Bonchev–Trinajstić information content (AvgIpc) is 2.77. The van der Waals surface area contributed by atoms with Crippen LogP contribution in [0, 0.1) is 11.8 Å². The molecular weight excluding hydrogens is 408 g/mol. The number of aliphatic hydroxyl groups is 2. The fraction of sp³-hybridized carbons (Fsp3) is 0.708. The van der Waals surface area contributed by atoms with Crippen molar-refractivity contribution in [1.29, 1.82) is 0 Å². The summed E-state index contributed by atoms with van der Waals surface area (Å²) < 4.78 is 0. The van der Waals surface area contributed by atoms with Gasteiger partial charge in [-0.3, -0.25) is 14.5 Å². The number of hydrogen-bond acceptors (Lipinski definition) is 6. The quantitative estimate of drug-likeness (QED) is 0.410. The Bertz CT molecular complexity index is 709. The molecule has 1 saturated carbocycles. The van der Waals surface area contributed by atoms with Gasteiger partial charge in [0.05, 0.1) is 12.2 Å². The molecule has 2 rings (SSSR count). The Morgan fingerprint density at radius 2 is 1.91 bits per heavy atom. The zero-order valence-corrected chi connectivity index (χ0v) is 19.6. The third kappa shape index (κ3) is 7.83. The molecule has 1 aliphatic rings. The topological polar surface area (TPSA) is 129 Å². The van der Waals surface area contributed by atoms with Gasteiger partial charge in [-0.2, -0.15) is 0 Å². The van der Waals surface area contributed by atoms with Crippen LogP contribution in [0.15, 0.2) is 24.4 Å². The first kappa shape index (κ1) is 26.2. The second kappa shape index (κ2) is 12.9. The average molecular weight is 449 g/mol.